The minimum absolute atomic E-state index is 0.0188. The van der Waals surface area contributed by atoms with Gasteiger partial charge in [0.25, 0.3) is 0 Å². The summed E-state index contributed by atoms with van der Waals surface area (Å²) in [6.07, 6.45) is 2.42. The van der Waals surface area contributed by atoms with Crippen molar-refractivity contribution >= 4 is 34.1 Å². The monoisotopic (exact) mass is 336 g/mol. The lowest BCUT2D eigenvalue weighted by molar-refractivity contribution is -0.129. The van der Waals surface area contributed by atoms with Crippen molar-refractivity contribution in [1.29, 1.82) is 0 Å². The number of ether oxygens (including phenoxy) is 1. The zero-order valence-corrected chi connectivity index (χ0v) is 14.1. The summed E-state index contributed by atoms with van der Waals surface area (Å²) in [5.74, 6) is -0.340. The molecule has 23 heavy (non-hydrogen) atoms. The topological polar surface area (TPSA) is 75.7 Å². The molecule has 1 aliphatic carbocycles. The van der Waals surface area contributed by atoms with Gasteiger partial charge >= 0.3 is 5.97 Å². The van der Waals surface area contributed by atoms with Gasteiger partial charge in [-0.3, -0.25) is 9.59 Å². The summed E-state index contributed by atoms with van der Waals surface area (Å²) in [7, 11) is 0. The van der Waals surface area contributed by atoms with Gasteiger partial charge in [0.05, 0.1) is 18.7 Å². The summed E-state index contributed by atoms with van der Waals surface area (Å²) in [6.45, 7) is 4.67. The molecule has 0 unspecified atom stereocenters. The van der Waals surface area contributed by atoms with Gasteiger partial charge in [0.15, 0.2) is 0 Å². The maximum atomic E-state index is 12.3. The second kappa shape index (κ2) is 6.31. The Morgan fingerprint density at radius 2 is 2.09 bits per heavy atom. The zero-order chi connectivity index (χ0) is 16.6. The summed E-state index contributed by atoms with van der Waals surface area (Å²) in [5, 5.41) is 3.45. The Bertz CT molecular complexity index is 663. The van der Waals surface area contributed by atoms with Gasteiger partial charge in [-0.05, 0) is 31.7 Å². The van der Waals surface area contributed by atoms with Crippen LogP contribution in [0.3, 0.4) is 0 Å². The molecule has 1 fully saturated rings. The highest BCUT2D eigenvalue weighted by Gasteiger charge is 2.34. The maximum absolute atomic E-state index is 12.3. The van der Waals surface area contributed by atoms with Crippen LogP contribution in [-0.2, 0) is 27.3 Å². The number of hydrogen-bond donors (Lipinski definition) is 1. The lowest BCUT2D eigenvalue weighted by atomic mass is 10.0. The first-order valence-corrected chi connectivity index (χ1v) is 8.71. The second-order valence-corrected chi connectivity index (χ2v) is 6.99. The normalized spacial score (nSPS) is 16.7. The third-order valence-electron chi connectivity index (χ3n) is 4.17. The van der Waals surface area contributed by atoms with Crippen molar-refractivity contribution in [3.05, 3.63) is 16.0 Å². The first-order chi connectivity index (χ1) is 11.0. The summed E-state index contributed by atoms with van der Waals surface area (Å²) in [4.78, 5) is 38.7. The first kappa shape index (κ1) is 16.0. The quantitative estimate of drug-likeness (QED) is 0.855. The van der Waals surface area contributed by atoms with Gasteiger partial charge in [-0.25, -0.2) is 4.79 Å². The van der Waals surface area contributed by atoms with Crippen LogP contribution < -0.4 is 5.32 Å². The largest absolute Gasteiger partial charge is 0.462 e. The maximum Gasteiger partial charge on any atom is 0.341 e. The number of fused-ring (bicyclic) bond motifs is 1. The van der Waals surface area contributed by atoms with E-state index in [1.54, 1.807) is 18.7 Å². The number of esters is 1. The highest BCUT2D eigenvalue weighted by atomic mass is 32.1. The molecule has 1 saturated carbocycles. The minimum atomic E-state index is -0.396. The van der Waals surface area contributed by atoms with Crippen molar-refractivity contribution < 1.29 is 19.1 Å². The molecule has 1 N–H and O–H groups in total. The average molecular weight is 336 g/mol. The highest BCUT2D eigenvalue weighted by Crippen LogP contribution is 2.39. The summed E-state index contributed by atoms with van der Waals surface area (Å²) in [6, 6.07) is 0. The number of hydrogen-bond acceptors (Lipinski definition) is 5. The number of nitrogens with zero attached hydrogens (tertiary/aromatic N) is 1. The molecule has 0 atom stereocenters. The standard InChI is InChI=1S/C16H20N2O4S/c1-3-22-16(21)13-11-6-7-18(9(2)19)8-12(11)23-15(13)17-14(20)10-4-5-10/h10H,3-8H2,1-2H3,(H,17,20). The van der Waals surface area contributed by atoms with Gasteiger partial charge in [-0.1, -0.05) is 0 Å². The number of rotatable bonds is 4. The molecular weight excluding hydrogens is 316 g/mol. The van der Waals surface area contributed by atoms with Gasteiger partial charge < -0.3 is 15.0 Å². The molecule has 0 bridgehead atoms. The van der Waals surface area contributed by atoms with Crippen molar-refractivity contribution in [2.75, 3.05) is 18.5 Å². The SMILES string of the molecule is CCOC(=O)c1c(NC(=O)C2CC2)sc2c1CCN(C(C)=O)C2. The van der Waals surface area contributed by atoms with Crippen LogP contribution in [0.1, 0.15) is 47.5 Å². The van der Waals surface area contributed by atoms with E-state index in [-0.39, 0.29) is 17.7 Å². The van der Waals surface area contributed by atoms with Gasteiger partial charge in [0, 0.05) is 24.3 Å². The summed E-state index contributed by atoms with van der Waals surface area (Å²) >= 11 is 1.38. The van der Waals surface area contributed by atoms with E-state index in [2.05, 4.69) is 5.32 Å². The molecule has 1 aromatic rings. The van der Waals surface area contributed by atoms with Gasteiger partial charge in [-0.2, -0.15) is 0 Å². The Balaban J connectivity index is 1.92. The summed E-state index contributed by atoms with van der Waals surface area (Å²) in [5.41, 5.74) is 1.39. The Morgan fingerprint density at radius 1 is 1.35 bits per heavy atom. The molecule has 2 aliphatic rings. The fraction of sp³-hybridized carbons (Fsp3) is 0.562. The zero-order valence-electron chi connectivity index (χ0n) is 13.3. The third-order valence-corrected chi connectivity index (χ3v) is 5.30. The van der Waals surface area contributed by atoms with E-state index in [0.717, 1.165) is 23.3 Å². The molecule has 1 aromatic heterocycles. The molecule has 1 aliphatic heterocycles. The number of nitrogens with one attached hydrogen (secondary N) is 1. The Hall–Kier alpha value is -1.89. The molecule has 0 radical (unpaired) electrons. The number of amides is 2. The van der Waals surface area contributed by atoms with Crippen molar-refractivity contribution in [3.63, 3.8) is 0 Å². The van der Waals surface area contributed by atoms with Gasteiger partial charge in [-0.15, -0.1) is 11.3 Å². The van der Waals surface area contributed by atoms with Crippen molar-refractivity contribution in [3.8, 4) is 0 Å². The first-order valence-electron chi connectivity index (χ1n) is 7.89. The van der Waals surface area contributed by atoms with Crippen LogP contribution in [0.2, 0.25) is 0 Å². The number of carbonyl (C=O) groups is 3. The number of carbonyl (C=O) groups excluding carboxylic acids is 3. The molecule has 0 saturated heterocycles. The lowest BCUT2D eigenvalue weighted by Crippen LogP contribution is -2.34. The van der Waals surface area contributed by atoms with Crippen LogP contribution in [-0.4, -0.2) is 35.8 Å². The second-order valence-electron chi connectivity index (χ2n) is 5.88. The van der Waals surface area contributed by atoms with E-state index in [4.69, 9.17) is 4.74 Å². The van der Waals surface area contributed by atoms with Crippen LogP contribution in [0, 0.1) is 5.92 Å². The smallest absolute Gasteiger partial charge is 0.341 e. The molecule has 7 heteroatoms. The molecule has 6 nitrogen and oxygen atoms in total. The Morgan fingerprint density at radius 3 is 2.70 bits per heavy atom. The molecule has 2 heterocycles. The number of anilines is 1. The van der Waals surface area contributed by atoms with Crippen molar-refractivity contribution in [1.82, 2.24) is 4.90 Å². The van der Waals surface area contributed by atoms with E-state index in [1.807, 2.05) is 0 Å². The van der Waals surface area contributed by atoms with E-state index < -0.39 is 5.97 Å². The van der Waals surface area contributed by atoms with E-state index >= 15 is 0 Å². The fourth-order valence-electron chi connectivity index (χ4n) is 2.74. The van der Waals surface area contributed by atoms with E-state index in [1.165, 1.54) is 11.3 Å². The van der Waals surface area contributed by atoms with Gasteiger partial charge in [0.2, 0.25) is 11.8 Å². The van der Waals surface area contributed by atoms with Crippen LogP contribution in [0.4, 0.5) is 5.00 Å². The molecule has 2 amide bonds. The lowest BCUT2D eigenvalue weighted by Gasteiger charge is -2.25. The van der Waals surface area contributed by atoms with Crippen LogP contribution in [0.15, 0.2) is 0 Å². The Labute approximate surface area is 138 Å². The van der Waals surface area contributed by atoms with Crippen molar-refractivity contribution in [2.24, 2.45) is 5.92 Å². The van der Waals surface area contributed by atoms with Gasteiger partial charge in [0.1, 0.15) is 5.00 Å². The van der Waals surface area contributed by atoms with Crippen LogP contribution in [0.25, 0.3) is 0 Å². The fourth-order valence-corrected chi connectivity index (χ4v) is 3.99. The average Bonchev–Trinajstić information content (AvgIpc) is 3.28. The minimum Gasteiger partial charge on any atom is -0.462 e. The molecular formula is C16H20N2O4S. The van der Waals surface area contributed by atoms with Crippen LogP contribution in [0.5, 0.6) is 0 Å². The predicted molar refractivity (Wildman–Crippen MR) is 86.4 cm³/mol. The molecule has 0 spiro atoms. The summed E-state index contributed by atoms with van der Waals surface area (Å²) < 4.78 is 5.16. The van der Waals surface area contributed by atoms with Crippen molar-refractivity contribution in [2.45, 2.75) is 39.7 Å². The van der Waals surface area contributed by atoms with Crippen LogP contribution >= 0.6 is 11.3 Å². The molecule has 124 valence electrons. The molecule has 0 aromatic carbocycles. The third kappa shape index (κ3) is 3.24. The number of thiophene rings is 1. The van der Waals surface area contributed by atoms with E-state index in [0.29, 0.717) is 36.7 Å². The predicted octanol–water partition coefficient (Wildman–Crippen LogP) is 2.18. The molecule has 3 rings (SSSR count). The Kier molecular flexibility index (Phi) is 4.39. The van der Waals surface area contributed by atoms with E-state index in [9.17, 15) is 14.4 Å². The highest BCUT2D eigenvalue weighted by molar-refractivity contribution is 7.17.